The normalized spacial score (nSPS) is 11.7. The number of benzene rings is 1. The van der Waals surface area contributed by atoms with Gasteiger partial charge in [0.1, 0.15) is 6.54 Å². The fourth-order valence-electron chi connectivity index (χ4n) is 2.99. The second-order valence-electron chi connectivity index (χ2n) is 6.00. The van der Waals surface area contributed by atoms with Crippen LogP contribution in [0.4, 0.5) is 4.79 Å². The van der Waals surface area contributed by atoms with Crippen molar-refractivity contribution in [3.05, 3.63) is 66.1 Å². The van der Waals surface area contributed by atoms with Crippen molar-refractivity contribution in [1.29, 1.82) is 0 Å². The van der Waals surface area contributed by atoms with E-state index in [1.54, 1.807) is 19.3 Å². The lowest BCUT2D eigenvalue weighted by Crippen LogP contribution is -2.40. The van der Waals surface area contributed by atoms with Gasteiger partial charge in [-0.2, -0.15) is 0 Å². The molecule has 7 heteroatoms. The molecule has 1 aromatic carbocycles. The third-order valence-corrected chi connectivity index (χ3v) is 4.25. The van der Waals surface area contributed by atoms with Gasteiger partial charge in [0.05, 0.1) is 6.61 Å². The molecule has 0 bridgehead atoms. The van der Waals surface area contributed by atoms with E-state index in [4.69, 9.17) is 4.74 Å². The Kier molecular flexibility index (Phi) is 6.04. The number of para-hydroxylation sites is 1. The first-order chi connectivity index (χ1) is 13.2. The average Bonchev–Trinajstić information content (AvgIpc) is 3.12. The monoisotopic (exact) mass is 366 g/mol. The number of esters is 1. The van der Waals surface area contributed by atoms with Crippen LogP contribution in [0.5, 0.6) is 0 Å². The first kappa shape index (κ1) is 18.4. The molecule has 3 N–H and O–H groups in total. The average molecular weight is 366 g/mol. The number of amides is 2. The lowest BCUT2D eigenvalue weighted by Gasteiger charge is -2.18. The highest BCUT2D eigenvalue weighted by atomic mass is 16.5. The maximum atomic E-state index is 12.1. The fraction of sp³-hybridized carbons (Fsp3) is 0.250. The molecule has 140 valence electrons. The zero-order chi connectivity index (χ0) is 19.1. The summed E-state index contributed by atoms with van der Waals surface area (Å²) in [4.78, 5) is 30.9. The number of carbonyl (C=O) groups is 2. The number of ether oxygens (including phenoxy) is 1. The Labute approximate surface area is 157 Å². The van der Waals surface area contributed by atoms with Gasteiger partial charge >= 0.3 is 12.0 Å². The first-order valence-electron chi connectivity index (χ1n) is 8.82. The fourth-order valence-corrected chi connectivity index (χ4v) is 2.99. The Bertz CT molecular complexity index is 908. The van der Waals surface area contributed by atoms with Crippen LogP contribution < -0.4 is 10.6 Å². The maximum Gasteiger partial charge on any atom is 0.325 e. The van der Waals surface area contributed by atoms with Gasteiger partial charge in [0, 0.05) is 42.0 Å². The van der Waals surface area contributed by atoms with Crippen LogP contribution in [0.1, 0.15) is 24.0 Å². The van der Waals surface area contributed by atoms with Crippen LogP contribution in [0.15, 0.2) is 55.0 Å². The Morgan fingerprint density at radius 3 is 2.81 bits per heavy atom. The van der Waals surface area contributed by atoms with E-state index in [2.05, 4.69) is 20.6 Å². The lowest BCUT2D eigenvalue weighted by atomic mass is 9.92. The van der Waals surface area contributed by atoms with Crippen LogP contribution >= 0.6 is 0 Å². The molecule has 2 heterocycles. The minimum atomic E-state index is -0.465. The van der Waals surface area contributed by atoms with E-state index in [0.29, 0.717) is 6.54 Å². The summed E-state index contributed by atoms with van der Waals surface area (Å²) in [6.45, 7) is 2.20. The van der Waals surface area contributed by atoms with Gasteiger partial charge < -0.3 is 20.4 Å². The van der Waals surface area contributed by atoms with Crippen molar-refractivity contribution < 1.29 is 14.3 Å². The zero-order valence-electron chi connectivity index (χ0n) is 15.1. The molecule has 3 aromatic rings. The number of carbonyl (C=O) groups excluding carboxylic acids is 2. The molecule has 0 aliphatic rings. The molecule has 0 spiro atoms. The topological polar surface area (TPSA) is 96.1 Å². The predicted molar refractivity (Wildman–Crippen MR) is 102 cm³/mol. The second kappa shape index (κ2) is 8.84. The van der Waals surface area contributed by atoms with E-state index in [9.17, 15) is 9.59 Å². The molecule has 0 radical (unpaired) electrons. The molecule has 3 rings (SSSR count). The molecule has 0 saturated carbocycles. The molecule has 7 nitrogen and oxygen atoms in total. The first-order valence-corrected chi connectivity index (χ1v) is 8.82. The highest BCUT2D eigenvalue weighted by Gasteiger charge is 2.19. The minimum absolute atomic E-state index is 0.0804. The minimum Gasteiger partial charge on any atom is -0.465 e. The van der Waals surface area contributed by atoms with Gasteiger partial charge in [0.15, 0.2) is 0 Å². The molecule has 0 fully saturated rings. The number of rotatable bonds is 7. The van der Waals surface area contributed by atoms with E-state index in [1.807, 2.05) is 42.6 Å². The van der Waals surface area contributed by atoms with E-state index in [0.717, 1.165) is 22.0 Å². The molecule has 1 atom stereocenters. The van der Waals surface area contributed by atoms with Gasteiger partial charge in [-0.05, 0) is 30.2 Å². The number of pyridine rings is 1. The second-order valence-corrected chi connectivity index (χ2v) is 6.00. The van der Waals surface area contributed by atoms with Crippen molar-refractivity contribution >= 4 is 22.9 Å². The molecule has 2 aromatic heterocycles. The van der Waals surface area contributed by atoms with Crippen LogP contribution in [-0.2, 0) is 9.53 Å². The largest absolute Gasteiger partial charge is 0.465 e. The summed E-state index contributed by atoms with van der Waals surface area (Å²) in [7, 11) is 0. The molecule has 0 saturated heterocycles. The van der Waals surface area contributed by atoms with Crippen LogP contribution in [0, 0.1) is 0 Å². The predicted octanol–water partition coefficient (Wildman–Crippen LogP) is 2.56. The zero-order valence-corrected chi connectivity index (χ0v) is 15.1. The SMILES string of the molecule is CCOC(=O)CNC(=O)NCC(c1cccnc1)c1c[nH]c2ccccc12. The summed E-state index contributed by atoms with van der Waals surface area (Å²) in [5, 5.41) is 6.44. The van der Waals surface area contributed by atoms with Crippen molar-refractivity contribution in [2.45, 2.75) is 12.8 Å². The summed E-state index contributed by atoms with van der Waals surface area (Å²) in [5.74, 6) is -0.545. The quantitative estimate of drug-likeness (QED) is 0.560. The number of aromatic nitrogens is 2. The molecule has 2 amide bonds. The Hall–Kier alpha value is -3.35. The van der Waals surface area contributed by atoms with E-state index < -0.39 is 12.0 Å². The summed E-state index contributed by atoms with van der Waals surface area (Å²) in [5.41, 5.74) is 3.10. The van der Waals surface area contributed by atoms with Crippen molar-refractivity contribution in [2.24, 2.45) is 0 Å². The number of hydrogen-bond donors (Lipinski definition) is 3. The number of aromatic amines is 1. The molecular weight excluding hydrogens is 344 g/mol. The summed E-state index contributed by atoms with van der Waals surface area (Å²) in [6.07, 6.45) is 5.47. The van der Waals surface area contributed by atoms with Gasteiger partial charge in [-0.3, -0.25) is 9.78 Å². The molecular formula is C20H22N4O3. The van der Waals surface area contributed by atoms with Crippen LogP contribution in [0.3, 0.4) is 0 Å². The van der Waals surface area contributed by atoms with Gasteiger partial charge in [-0.25, -0.2) is 4.79 Å². The number of urea groups is 1. The highest BCUT2D eigenvalue weighted by Crippen LogP contribution is 2.30. The maximum absolute atomic E-state index is 12.1. The number of fused-ring (bicyclic) bond motifs is 1. The van der Waals surface area contributed by atoms with Gasteiger partial charge in [0.25, 0.3) is 0 Å². The molecule has 27 heavy (non-hydrogen) atoms. The van der Waals surface area contributed by atoms with Gasteiger partial charge in [-0.1, -0.05) is 24.3 Å². The van der Waals surface area contributed by atoms with E-state index >= 15 is 0 Å². The Morgan fingerprint density at radius 1 is 1.19 bits per heavy atom. The number of nitrogens with zero attached hydrogens (tertiary/aromatic N) is 1. The molecule has 1 unspecified atom stereocenters. The standard InChI is InChI=1S/C20H22N4O3/c1-2-27-19(25)13-24-20(26)23-11-16(14-6-5-9-21-10-14)17-12-22-18-8-4-3-7-15(17)18/h3-10,12,16,22H,2,11,13H2,1H3,(H2,23,24,26). The third-order valence-electron chi connectivity index (χ3n) is 4.25. The summed E-state index contributed by atoms with van der Waals surface area (Å²) < 4.78 is 4.80. The van der Waals surface area contributed by atoms with Crippen molar-refractivity contribution in [3.63, 3.8) is 0 Å². The van der Waals surface area contributed by atoms with E-state index in [-0.39, 0.29) is 19.1 Å². The third kappa shape index (κ3) is 4.63. The summed E-state index contributed by atoms with van der Waals surface area (Å²) >= 11 is 0. The Balaban J connectivity index is 1.74. The number of nitrogens with one attached hydrogen (secondary N) is 3. The molecule has 0 aliphatic carbocycles. The summed E-state index contributed by atoms with van der Waals surface area (Å²) in [6, 6.07) is 11.5. The van der Waals surface area contributed by atoms with E-state index in [1.165, 1.54) is 0 Å². The van der Waals surface area contributed by atoms with Crippen molar-refractivity contribution in [2.75, 3.05) is 19.7 Å². The van der Waals surface area contributed by atoms with Gasteiger partial charge in [0.2, 0.25) is 0 Å². The van der Waals surface area contributed by atoms with Crippen molar-refractivity contribution in [1.82, 2.24) is 20.6 Å². The van der Waals surface area contributed by atoms with Crippen molar-refractivity contribution in [3.8, 4) is 0 Å². The number of H-pyrrole nitrogens is 1. The lowest BCUT2D eigenvalue weighted by molar-refractivity contribution is -0.141. The van der Waals surface area contributed by atoms with Crippen LogP contribution in [0.2, 0.25) is 0 Å². The smallest absolute Gasteiger partial charge is 0.325 e. The highest BCUT2D eigenvalue weighted by molar-refractivity contribution is 5.84. The Morgan fingerprint density at radius 2 is 2.04 bits per heavy atom. The van der Waals surface area contributed by atoms with Crippen LogP contribution in [0.25, 0.3) is 10.9 Å². The van der Waals surface area contributed by atoms with Crippen LogP contribution in [-0.4, -0.2) is 41.7 Å². The number of hydrogen-bond acceptors (Lipinski definition) is 4. The van der Waals surface area contributed by atoms with Gasteiger partial charge in [-0.15, -0.1) is 0 Å². The molecule has 0 aliphatic heterocycles.